The molecule has 4 N–H and O–H groups in total. The monoisotopic (exact) mass is 469 g/mol. The van der Waals surface area contributed by atoms with E-state index in [9.17, 15) is 18.4 Å². The molecule has 3 amide bonds. The molecule has 3 rings (SSSR count). The third-order valence-electron chi connectivity index (χ3n) is 4.89. The van der Waals surface area contributed by atoms with E-state index in [0.29, 0.717) is 19.8 Å². The van der Waals surface area contributed by atoms with Gasteiger partial charge < -0.3 is 20.5 Å². The molecule has 1 aliphatic heterocycles. The summed E-state index contributed by atoms with van der Waals surface area (Å²) in [6.45, 7) is 5.53. The minimum atomic E-state index is -1.03. The molecule has 32 heavy (non-hydrogen) atoms. The van der Waals surface area contributed by atoms with E-state index in [0.717, 1.165) is 37.6 Å². The summed E-state index contributed by atoms with van der Waals surface area (Å²) in [5.41, 5.74) is 5.40. The van der Waals surface area contributed by atoms with E-state index < -0.39 is 23.6 Å². The van der Waals surface area contributed by atoms with E-state index in [1.165, 1.54) is 19.1 Å². The molecule has 1 aliphatic rings. The van der Waals surface area contributed by atoms with Crippen molar-refractivity contribution >= 4 is 28.5 Å². The number of rotatable bonds is 9. The molecular weight excluding hydrogens is 444 g/mol. The van der Waals surface area contributed by atoms with Crippen LogP contribution in [0.5, 0.6) is 5.88 Å². The van der Waals surface area contributed by atoms with Gasteiger partial charge in [0.25, 0.3) is 5.91 Å². The van der Waals surface area contributed by atoms with Gasteiger partial charge in [0.05, 0.1) is 13.2 Å². The van der Waals surface area contributed by atoms with Crippen LogP contribution in [0, 0.1) is 18.6 Å². The van der Waals surface area contributed by atoms with Crippen LogP contribution in [0.25, 0.3) is 0 Å². The summed E-state index contributed by atoms with van der Waals surface area (Å²) in [6.07, 6.45) is 0.756. The van der Waals surface area contributed by atoms with Crippen LogP contribution in [0.4, 0.5) is 18.6 Å². The smallest absolute Gasteiger partial charge is 0.319 e. The fraction of sp³-hybridized carbons (Fsp3) is 0.450. The SMILES string of the molecule is Cc1ccc(COc2nsc(NC(=O)NCCCN3CCOCC3)c2C(N)=O)c(F)c1F. The van der Waals surface area contributed by atoms with E-state index in [1.807, 2.05) is 0 Å². The molecule has 1 fully saturated rings. The second-order valence-corrected chi connectivity index (χ2v) is 7.98. The van der Waals surface area contributed by atoms with Crippen LogP contribution >= 0.6 is 11.5 Å². The molecule has 0 unspecified atom stereocenters. The first-order chi connectivity index (χ1) is 15.4. The Morgan fingerprint density at radius 2 is 2.03 bits per heavy atom. The van der Waals surface area contributed by atoms with Gasteiger partial charge in [-0.05, 0) is 37.0 Å². The lowest BCUT2D eigenvalue weighted by molar-refractivity contribution is 0.0375. The largest absolute Gasteiger partial charge is 0.471 e. The number of anilines is 1. The van der Waals surface area contributed by atoms with Gasteiger partial charge in [0.2, 0.25) is 5.88 Å². The molecule has 1 aromatic carbocycles. The number of aryl methyl sites for hydroxylation is 1. The highest BCUT2D eigenvalue weighted by atomic mass is 32.1. The molecular formula is C20H25F2N5O4S. The van der Waals surface area contributed by atoms with Crippen LogP contribution < -0.4 is 21.1 Å². The first kappa shape index (κ1) is 23.8. The van der Waals surface area contributed by atoms with Crippen molar-refractivity contribution in [2.75, 3.05) is 44.7 Å². The molecule has 1 aromatic heterocycles. The number of nitrogens with two attached hydrogens (primary N) is 1. The molecule has 12 heteroatoms. The predicted molar refractivity (Wildman–Crippen MR) is 115 cm³/mol. The number of amides is 3. The lowest BCUT2D eigenvalue weighted by atomic mass is 10.1. The molecule has 2 heterocycles. The van der Waals surface area contributed by atoms with E-state index >= 15 is 0 Å². The number of carbonyl (C=O) groups excluding carboxylic acids is 2. The Kier molecular flexibility index (Phi) is 8.31. The van der Waals surface area contributed by atoms with E-state index in [1.54, 1.807) is 0 Å². The number of halogens is 2. The van der Waals surface area contributed by atoms with Gasteiger partial charge in [-0.2, -0.15) is 4.37 Å². The second kappa shape index (κ2) is 11.2. The van der Waals surface area contributed by atoms with Crippen LogP contribution in [0.3, 0.4) is 0 Å². The molecule has 2 aromatic rings. The topological polar surface area (TPSA) is 119 Å². The van der Waals surface area contributed by atoms with Crippen molar-refractivity contribution < 1.29 is 27.8 Å². The highest BCUT2D eigenvalue weighted by Gasteiger charge is 2.23. The summed E-state index contributed by atoms with van der Waals surface area (Å²) in [5.74, 6) is -3.03. The summed E-state index contributed by atoms with van der Waals surface area (Å²) in [6, 6.07) is 2.29. The van der Waals surface area contributed by atoms with Crippen LogP contribution in [0.1, 0.15) is 27.9 Å². The zero-order valence-corrected chi connectivity index (χ0v) is 18.4. The van der Waals surface area contributed by atoms with Gasteiger partial charge in [0.1, 0.15) is 17.2 Å². The molecule has 0 bridgehead atoms. The zero-order chi connectivity index (χ0) is 23.1. The Balaban J connectivity index is 1.54. The summed E-state index contributed by atoms with van der Waals surface area (Å²) in [4.78, 5) is 26.3. The number of nitrogens with one attached hydrogen (secondary N) is 2. The second-order valence-electron chi connectivity index (χ2n) is 7.20. The van der Waals surface area contributed by atoms with Gasteiger partial charge in [-0.15, -0.1) is 0 Å². The first-order valence-corrected chi connectivity index (χ1v) is 10.8. The number of primary amides is 1. The minimum absolute atomic E-state index is 0.0379. The summed E-state index contributed by atoms with van der Waals surface area (Å²) in [5, 5.41) is 5.35. The third kappa shape index (κ3) is 6.11. The van der Waals surface area contributed by atoms with Crippen molar-refractivity contribution in [2.24, 2.45) is 5.73 Å². The van der Waals surface area contributed by atoms with Gasteiger partial charge in [-0.25, -0.2) is 13.6 Å². The average molecular weight is 470 g/mol. The lowest BCUT2D eigenvalue weighted by Crippen LogP contribution is -2.38. The van der Waals surface area contributed by atoms with Crippen molar-refractivity contribution in [3.63, 3.8) is 0 Å². The number of urea groups is 1. The third-order valence-corrected chi connectivity index (χ3v) is 5.64. The van der Waals surface area contributed by atoms with Crippen molar-refractivity contribution in [1.29, 1.82) is 0 Å². The summed E-state index contributed by atoms with van der Waals surface area (Å²) in [7, 11) is 0. The Hall–Kier alpha value is -2.83. The van der Waals surface area contributed by atoms with Gasteiger partial charge in [-0.3, -0.25) is 15.0 Å². The molecule has 0 radical (unpaired) electrons. The lowest BCUT2D eigenvalue weighted by Gasteiger charge is -2.26. The highest BCUT2D eigenvalue weighted by molar-refractivity contribution is 7.11. The number of aromatic nitrogens is 1. The minimum Gasteiger partial charge on any atom is -0.471 e. The van der Waals surface area contributed by atoms with Crippen molar-refractivity contribution in [3.05, 3.63) is 40.5 Å². The average Bonchev–Trinajstić information content (AvgIpc) is 3.18. The number of nitrogens with zero attached hydrogens (tertiary/aromatic N) is 2. The van der Waals surface area contributed by atoms with Crippen molar-refractivity contribution in [1.82, 2.24) is 14.6 Å². The summed E-state index contributed by atoms with van der Waals surface area (Å²) < 4.78 is 42.4. The quantitative estimate of drug-likeness (QED) is 0.485. The number of carbonyl (C=O) groups is 2. The Labute approximate surface area is 188 Å². The normalized spacial score (nSPS) is 14.2. The molecule has 0 aliphatic carbocycles. The van der Waals surface area contributed by atoms with E-state index in [2.05, 4.69) is 19.9 Å². The van der Waals surface area contributed by atoms with Gasteiger partial charge in [0.15, 0.2) is 11.6 Å². The maximum atomic E-state index is 14.0. The fourth-order valence-corrected chi connectivity index (χ4v) is 3.83. The van der Waals surface area contributed by atoms with Crippen LogP contribution in [0.15, 0.2) is 12.1 Å². The molecule has 0 saturated carbocycles. The zero-order valence-electron chi connectivity index (χ0n) is 17.6. The highest BCUT2D eigenvalue weighted by Crippen LogP contribution is 2.31. The number of hydrogen-bond acceptors (Lipinski definition) is 7. The molecule has 0 atom stereocenters. The molecule has 174 valence electrons. The van der Waals surface area contributed by atoms with Crippen LogP contribution in [-0.4, -0.2) is 60.6 Å². The van der Waals surface area contributed by atoms with Gasteiger partial charge in [0, 0.05) is 25.2 Å². The molecule has 9 nitrogen and oxygen atoms in total. The number of benzene rings is 1. The van der Waals surface area contributed by atoms with Crippen LogP contribution in [-0.2, 0) is 11.3 Å². The Morgan fingerprint density at radius 3 is 2.75 bits per heavy atom. The summed E-state index contributed by atoms with van der Waals surface area (Å²) >= 11 is 0.802. The van der Waals surface area contributed by atoms with Gasteiger partial charge in [-0.1, -0.05) is 12.1 Å². The maximum Gasteiger partial charge on any atom is 0.319 e. The Bertz CT molecular complexity index is 966. The fourth-order valence-electron chi connectivity index (χ4n) is 3.10. The maximum absolute atomic E-state index is 14.0. The predicted octanol–water partition coefficient (Wildman–Crippen LogP) is 2.25. The standard InChI is InChI=1S/C20H25F2N5O4S/c1-12-3-4-13(16(22)15(12)21)11-31-18-14(17(23)28)19(32-26-18)25-20(29)24-5-2-6-27-7-9-30-10-8-27/h3-4H,2,5-11H2,1H3,(H2,23,28)(H2,24,25,29). The van der Waals surface area contributed by atoms with E-state index in [4.69, 9.17) is 15.2 Å². The van der Waals surface area contributed by atoms with Crippen molar-refractivity contribution in [3.8, 4) is 5.88 Å². The van der Waals surface area contributed by atoms with Crippen molar-refractivity contribution in [2.45, 2.75) is 20.0 Å². The molecule has 0 spiro atoms. The number of ether oxygens (including phenoxy) is 2. The van der Waals surface area contributed by atoms with Gasteiger partial charge >= 0.3 is 6.03 Å². The number of hydrogen-bond donors (Lipinski definition) is 3. The number of morpholine rings is 1. The molecule has 1 saturated heterocycles. The first-order valence-electron chi connectivity index (χ1n) is 10.1. The van der Waals surface area contributed by atoms with E-state index in [-0.39, 0.29) is 34.2 Å². The Morgan fingerprint density at radius 1 is 1.28 bits per heavy atom. The van der Waals surface area contributed by atoms with Crippen LogP contribution in [0.2, 0.25) is 0 Å².